The fourth-order valence-corrected chi connectivity index (χ4v) is 2.70. The van der Waals surface area contributed by atoms with Crippen LogP contribution < -0.4 is 5.73 Å². The van der Waals surface area contributed by atoms with E-state index in [0.717, 1.165) is 13.0 Å². The van der Waals surface area contributed by atoms with E-state index in [4.69, 9.17) is 5.73 Å². The molecule has 1 atom stereocenters. The van der Waals surface area contributed by atoms with Crippen molar-refractivity contribution in [2.24, 2.45) is 11.7 Å². The fraction of sp³-hybridized carbons (Fsp3) is 0.600. The normalized spacial score (nSPS) is 16.9. The SMILES string of the molecule is CC(CCN)Cc1ccc2c(c1)CCCC2. The van der Waals surface area contributed by atoms with Gasteiger partial charge in [0.1, 0.15) is 0 Å². The van der Waals surface area contributed by atoms with Crippen molar-refractivity contribution in [1.29, 1.82) is 0 Å². The first kappa shape index (κ1) is 11.7. The van der Waals surface area contributed by atoms with Crippen LogP contribution in [0, 0.1) is 5.92 Å². The van der Waals surface area contributed by atoms with Gasteiger partial charge in [-0.3, -0.25) is 0 Å². The van der Waals surface area contributed by atoms with Gasteiger partial charge < -0.3 is 5.73 Å². The van der Waals surface area contributed by atoms with Crippen LogP contribution in [0.4, 0.5) is 0 Å². The molecule has 1 aromatic rings. The third kappa shape index (κ3) is 2.85. The van der Waals surface area contributed by atoms with Gasteiger partial charge in [-0.15, -0.1) is 0 Å². The van der Waals surface area contributed by atoms with E-state index in [9.17, 15) is 0 Å². The summed E-state index contributed by atoms with van der Waals surface area (Å²) in [6.07, 6.45) is 7.63. The van der Waals surface area contributed by atoms with Crippen LogP contribution in [-0.4, -0.2) is 6.54 Å². The Morgan fingerprint density at radius 2 is 1.94 bits per heavy atom. The summed E-state index contributed by atoms with van der Waals surface area (Å²) in [5.74, 6) is 0.714. The summed E-state index contributed by atoms with van der Waals surface area (Å²) in [4.78, 5) is 0. The zero-order valence-corrected chi connectivity index (χ0v) is 10.3. The van der Waals surface area contributed by atoms with Crippen molar-refractivity contribution in [3.63, 3.8) is 0 Å². The van der Waals surface area contributed by atoms with E-state index in [-0.39, 0.29) is 0 Å². The monoisotopic (exact) mass is 217 g/mol. The lowest BCUT2D eigenvalue weighted by atomic mass is 9.88. The number of rotatable bonds is 4. The number of nitrogens with two attached hydrogens (primary N) is 1. The molecule has 88 valence electrons. The van der Waals surface area contributed by atoms with Gasteiger partial charge in [-0.1, -0.05) is 25.1 Å². The second-order valence-corrected chi connectivity index (χ2v) is 5.20. The van der Waals surface area contributed by atoms with E-state index in [1.807, 2.05) is 0 Å². The molecular weight excluding hydrogens is 194 g/mol. The molecule has 0 aliphatic heterocycles. The van der Waals surface area contributed by atoms with Crippen LogP contribution in [0.5, 0.6) is 0 Å². The van der Waals surface area contributed by atoms with Crippen molar-refractivity contribution in [2.75, 3.05) is 6.54 Å². The highest BCUT2D eigenvalue weighted by atomic mass is 14.5. The lowest BCUT2D eigenvalue weighted by Crippen LogP contribution is -2.09. The predicted molar refractivity (Wildman–Crippen MR) is 69.6 cm³/mol. The van der Waals surface area contributed by atoms with Gasteiger partial charge in [0.2, 0.25) is 0 Å². The minimum Gasteiger partial charge on any atom is -0.330 e. The fourth-order valence-electron chi connectivity index (χ4n) is 2.70. The molecule has 0 aromatic heterocycles. The summed E-state index contributed by atoms with van der Waals surface area (Å²) in [5, 5.41) is 0. The summed E-state index contributed by atoms with van der Waals surface area (Å²) in [6.45, 7) is 3.11. The summed E-state index contributed by atoms with van der Waals surface area (Å²) in [5.41, 5.74) is 10.3. The molecule has 2 rings (SSSR count). The molecule has 0 amide bonds. The summed E-state index contributed by atoms with van der Waals surface area (Å²) in [7, 11) is 0. The lowest BCUT2D eigenvalue weighted by Gasteiger charge is -2.17. The first-order valence-corrected chi connectivity index (χ1v) is 6.60. The van der Waals surface area contributed by atoms with Crippen LogP contribution in [-0.2, 0) is 19.3 Å². The lowest BCUT2D eigenvalue weighted by molar-refractivity contribution is 0.538. The first-order valence-electron chi connectivity index (χ1n) is 6.60. The Bertz CT molecular complexity index is 343. The molecule has 1 aliphatic rings. The Morgan fingerprint density at radius 3 is 2.69 bits per heavy atom. The molecule has 0 spiro atoms. The van der Waals surface area contributed by atoms with Gasteiger partial charge in [-0.05, 0) is 67.7 Å². The van der Waals surface area contributed by atoms with E-state index < -0.39 is 0 Å². The largest absolute Gasteiger partial charge is 0.330 e. The second-order valence-electron chi connectivity index (χ2n) is 5.20. The van der Waals surface area contributed by atoms with Gasteiger partial charge in [-0.25, -0.2) is 0 Å². The van der Waals surface area contributed by atoms with E-state index in [1.54, 1.807) is 11.1 Å². The van der Waals surface area contributed by atoms with Crippen LogP contribution in [0.25, 0.3) is 0 Å². The van der Waals surface area contributed by atoms with Gasteiger partial charge in [0.25, 0.3) is 0 Å². The molecule has 1 aliphatic carbocycles. The minimum absolute atomic E-state index is 0.714. The molecule has 0 heterocycles. The summed E-state index contributed by atoms with van der Waals surface area (Å²) < 4.78 is 0. The maximum atomic E-state index is 5.59. The van der Waals surface area contributed by atoms with Crippen LogP contribution >= 0.6 is 0 Å². The zero-order chi connectivity index (χ0) is 11.4. The van der Waals surface area contributed by atoms with Crippen molar-refractivity contribution in [3.8, 4) is 0 Å². The average Bonchev–Trinajstić information content (AvgIpc) is 2.29. The van der Waals surface area contributed by atoms with Crippen LogP contribution in [0.15, 0.2) is 18.2 Å². The smallest absolute Gasteiger partial charge is 0.00746 e. The molecule has 1 unspecified atom stereocenters. The van der Waals surface area contributed by atoms with Crippen molar-refractivity contribution < 1.29 is 0 Å². The predicted octanol–water partition coefficient (Wildman–Crippen LogP) is 3.09. The number of benzene rings is 1. The van der Waals surface area contributed by atoms with Crippen LogP contribution in [0.1, 0.15) is 42.9 Å². The van der Waals surface area contributed by atoms with Gasteiger partial charge in [0.05, 0.1) is 0 Å². The maximum Gasteiger partial charge on any atom is -0.00746 e. The standard InChI is InChI=1S/C15H23N/c1-12(8-9-16)10-13-6-7-14-4-2-3-5-15(14)11-13/h6-7,11-12H,2-5,8-10,16H2,1H3. The highest BCUT2D eigenvalue weighted by Gasteiger charge is 2.10. The Morgan fingerprint density at radius 1 is 1.19 bits per heavy atom. The minimum atomic E-state index is 0.714. The van der Waals surface area contributed by atoms with Crippen molar-refractivity contribution >= 4 is 0 Å². The van der Waals surface area contributed by atoms with Gasteiger partial charge in [-0.2, -0.15) is 0 Å². The van der Waals surface area contributed by atoms with Crippen molar-refractivity contribution in [3.05, 3.63) is 34.9 Å². The molecule has 0 radical (unpaired) electrons. The molecule has 0 fully saturated rings. The van der Waals surface area contributed by atoms with E-state index >= 15 is 0 Å². The molecule has 0 saturated heterocycles. The van der Waals surface area contributed by atoms with Crippen LogP contribution in [0.3, 0.4) is 0 Å². The van der Waals surface area contributed by atoms with Gasteiger partial charge in [0, 0.05) is 0 Å². The number of hydrogen-bond acceptors (Lipinski definition) is 1. The Labute approximate surface area is 99.0 Å². The maximum absolute atomic E-state index is 5.59. The van der Waals surface area contributed by atoms with Gasteiger partial charge in [0.15, 0.2) is 0 Å². The Kier molecular flexibility index (Phi) is 4.00. The topological polar surface area (TPSA) is 26.0 Å². The molecule has 0 saturated carbocycles. The molecule has 2 N–H and O–H groups in total. The van der Waals surface area contributed by atoms with E-state index in [2.05, 4.69) is 25.1 Å². The number of aryl methyl sites for hydroxylation is 2. The number of hydrogen-bond donors (Lipinski definition) is 1. The molecule has 0 bridgehead atoms. The van der Waals surface area contributed by atoms with Crippen molar-refractivity contribution in [1.82, 2.24) is 0 Å². The molecule has 1 aromatic carbocycles. The molecule has 1 nitrogen and oxygen atoms in total. The number of fused-ring (bicyclic) bond motifs is 1. The van der Waals surface area contributed by atoms with Crippen molar-refractivity contribution in [2.45, 2.75) is 45.4 Å². The quantitative estimate of drug-likeness (QED) is 0.824. The van der Waals surface area contributed by atoms with Gasteiger partial charge >= 0.3 is 0 Å². The second kappa shape index (κ2) is 5.49. The van der Waals surface area contributed by atoms with E-state index in [1.165, 1.54) is 37.7 Å². The summed E-state index contributed by atoms with van der Waals surface area (Å²) >= 11 is 0. The molecular formula is C15H23N. The summed E-state index contributed by atoms with van der Waals surface area (Å²) in [6, 6.07) is 7.09. The molecule has 16 heavy (non-hydrogen) atoms. The first-order chi connectivity index (χ1) is 7.79. The highest BCUT2D eigenvalue weighted by Crippen LogP contribution is 2.23. The Hall–Kier alpha value is -0.820. The Balaban J connectivity index is 2.05. The molecule has 1 heteroatoms. The zero-order valence-electron chi connectivity index (χ0n) is 10.3. The third-order valence-electron chi connectivity index (χ3n) is 3.66. The van der Waals surface area contributed by atoms with Crippen LogP contribution in [0.2, 0.25) is 0 Å². The highest BCUT2D eigenvalue weighted by molar-refractivity contribution is 5.34. The van der Waals surface area contributed by atoms with E-state index in [0.29, 0.717) is 5.92 Å². The third-order valence-corrected chi connectivity index (χ3v) is 3.66. The average molecular weight is 217 g/mol.